The van der Waals surface area contributed by atoms with E-state index in [1.807, 2.05) is 26.2 Å². The lowest BCUT2D eigenvalue weighted by atomic mass is 9.87. The van der Waals surface area contributed by atoms with Gasteiger partial charge in [-0.1, -0.05) is 0 Å². The fraction of sp³-hybridized carbons (Fsp3) is 0.706. The average molecular weight is 307 g/mol. The van der Waals surface area contributed by atoms with Crippen LogP contribution in [-0.4, -0.2) is 34.4 Å². The Balaban J connectivity index is 1.65. The lowest BCUT2D eigenvalue weighted by molar-refractivity contribution is 0.174. The quantitative estimate of drug-likeness (QED) is 0.754. The molecule has 0 bridgehead atoms. The molecule has 0 aromatic carbocycles. The van der Waals surface area contributed by atoms with Crippen LogP contribution < -0.4 is 10.6 Å². The number of nitrogens with zero attached hydrogens (tertiary/aromatic N) is 1. The summed E-state index contributed by atoms with van der Waals surface area (Å²) in [6.45, 7) is 2.32. The monoisotopic (exact) mass is 307 g/mol. The molecule has 1 unspecified atom stereocenters. The van der Waals surface area contributed by atoms with Gasteiger partial charge in [-0.2, -0.15) is 0 Å². The highest BCUT2D eigenvalue weighted by Crippen LogP contribution is 2.23. The van der Waals surface area contributed by atoms with Gasteiger partial charge in [-0.15, -0.1) is 0 Å². The first kappa shape index (κ1) is 16.9. The van der Waals surface area contributed by atoms with E-state index in [-0.39, 0.29) is 24.7 Å². The molecule has 1 saturated carbocycles. The van der Waals surface area contributed by atoms with Crippen LogP contribution in [0.2, 0.25) is 0 Å². The van der Waals surface area contributed by atoms with Crippen LogP contribution in [0.25, 0.3) is 0 Å². The molecular weight excluding hydrogens is 278 g/mol. The maximum atomic E-state index is 12.0. The number of carbonyl (C=O) groups excluding carboxylic acids is 1. The van der Waals surface area contributed by atoms with Crippen molar-refractivity contribution in [1.82, 2.24) is 15.2 Å². The van der Waals surface area contributed by atoms with Crippen molar-refractivity contribution in [3.63, 3.8) is 0 Å². The molecule has 1 aromatic rings. The molecule has 5 nitrogen and oxygen atoms in total. The van der Waals surface area contributed by atoms with Crippen molar-refractivity contribution in [2.45, 2.75) is 57.5 Å². The molecule has 0 saturated heterocycles. The molecule has 3 N–H and O–H groups in total. The summed E-state index contributed by atoms with van der Waals surface area (Å²) >= 11 is 0. The van der Waals surface area contributed by atoms with E-state index in [1.54, 1.807) is 0 Å². The smallest absolute Gasteiger partial charge is 0.315 e. The highest BCUT2D eigenvalue weighted by Gasteiger charge is 2.22. The van der Waals surface area contributed by atoms with Crippen LogP contribution in [0.5, 0.6) is 0 Å². The van der Waals surface area contributed by atoms with Crippen LogP contribution in [-0.2, 0) is 13.5 Å². The Morgan fingerprint density at radius 2 is 2.14 bits per heavy atom. The van der Waals surface area contributed by atoms with Gasteiger partial charge in [-0.05, 0) is 63.5 Å². The van der Waals surface area contributed by atoms with Crippen LogP contribution in [0.15, 0.2) is 18.3 Å². The van der Waals surface area contributed by atoms with Gasteiger partial charge in [0.15, 0.2) is 0 Å². The summed E-state index contributed by atoms with van der Waals surface area (Å²) in [5.74, 6) is 0.422. The summed E-state index contributed by atoms with van der Waals surface area (Å²) in [4.78, 5) is 12.0. The zero-order valence-electron chi connectivity index (χ0n) is 13.7. The van der Waals surface area contributed by atoms with Crippen LogP contribution >= 0.6 is 0 Å². The minimum absolute atomic E-state index is 0.0631. The highest BCUT2D eigenvalue weighted by molar-refractivity contribution is 5.74. The Bertz CT molecular complexity index is 464. The molecule has 5 heteroatoms. The molecule has 1 aliphatic rings. The van der Waals surface area contributed by atoms with Gasteiger partial charge in [0.25, 0.3) is 0 Å². The van der Waals surface area contributed by atoms with Gasteiger partial charge < -0.3 is 20.3 Å². The molecule has 1 heterocycles. The van der Waals surface area contributed by atoms with E-state index in [2.05, 4.69) is 21.3 Å². The normalized spacial score (nSPS) is 23.0. The van der Waals surface area contributed by atoms with Crippen LogP contribution in [0.3, 0.4) is 0 Å². The topological polar surface area (TPSA) is 66.3 Å². The van der Waals surface area contributed by atoms with Crippen molar-refractivity contribution in [2.75, 3.05) is 6.61 Å². The summed E-state index contributed by atoms with van der Waals surface area (Å²) in [5, 5.41) is 15.2. The second-order valence-corrected chi connectivity index (χ2v) is 6.57. The Hall–Kier alpha value is -1.49. The van der Waals surface area contributed by atoms with Crippen molar-refractivity contribution in [3.8, 4) is 0 Å². The molecule has 2 amide bonds. The lowest BCUT2D eigenvalue weighted by Crippen LogP contribution is -2.46. The number of hydrogen-bond acceptors (Lipinski definition) is 2. The van der Waals surface area contributed by atoms with Gasteiger partial charge in [-0.25, -0.2) is 4.79 Å². The summed E-state index contributed by atoms with van der Waals surface area (Å²) in [6, 6.07) is 4.51. The molecule has 1 atom stereocenters. The van der Waals surface area contributed by atoms with Gasteiger partial charge in [0.1, 0.15) is 0 Å². The first-order chi connectivity index (χ1) is 10.6. The fourth-order valence-electron chi connectivity index (χ4n) is 3.13. The SMILES string of the molecule is CC(CCc1cccn1C)NC(=O)NC1CCC(CO)CC1. The third-order valence-electron chi connectivity index (χ3n) is 4.70. The van der Waals surface area contributed by atoms with E-state index in [4.69, 9.17) is 5.11 Å². The molecule has 0 spiro atoms. The van der Waals surface area contributed by atoms with Crippen LogP contribution in [0.4, 0.5) is 4.79 Å². The van der Waals surface area contributed by atoms with Crippen molar-refractivity contribution >= 4 is 6.03 Å². The van der Waals surface area contributed by atoms with E-state index < -0.39 is 0 Å². The number of urea groups is 1. The molecular formula is C17H29N3O2. The molecule has 1 fully saturated rings. The predicted molar refractivity (Wildman–Crippen MR) is 87.7 cm³/mol. The van der Waals surface area contributed by atoms with E-state index >= 15 is 0 Å². The maximum absolute atomic E-state index is 12.0. The zero-order valence-corrected chi connectivity index (χ0v) is 13.7. The third-order valence-corrected chi connectivity index (χ3v) is 4.70. The van der Waals surface area contributed by atoms with Crippen molar-refractivity contribution in [2.24, 2.45) is 13.0 Å². The summed E-state index contributed by atoms with van der Waals surface area (Å²) in [6.07, 6.45) is 7.89. The third kappa shape index (κ3) is 5.05. The molecule has 124 valence electrons. The molecule has 22 heavy (non-hydrogen) atoms. The van der Waals surface area contributed by atoms with Crippen molar-refractivity contribution in [3.05, 3.63) is 24.0 Å². The Morgan fingerprint density at radius 3 is 2.73 bits per heavy atom. The first-order valence-electron chi connectivity index (χ1n) is 8.36. The van der Waals surface area contributed by atoms with E-state index in [9.17, 15) is 4.79 Å². The second kappa shape index (κ2) is 8.22. The molecule has 1 aliphatic carbocycles. The van der Waals surface area contributed by atoms with Crippen LogP contribution in [0, 0.1) is 5.92 Å². The molecule has 1 aromatic heterocycles. The van der Waals surface area contributed by atoms with Crippen molar-refractivity contribution in [1.29, 1.82) is 0 Å². The summed E-state index contributed by atoms with van der Waals surface area (Å²) < 4.78 is 2.12. The van der Waals surface area contributed by atoms with Gasteiger partial charge in [-0.3, -0.25) is 0 Å². The van der Waals surface area contributed by atoms with Gasteiger partial charge in [0.05, 0.1) is 0 Å². The first-order valence-corrected chi connectivity index (χ1v) is 8.36. The summed E-state index contributed by atoms with van der Waals surface area (Å²) in [7, 11) is 2.04. The lowest BCUT2D eigenvalue weighted by Gasteiger charge is -2.28. The number of aryl methyl sites for hydroxylation is 2. The number of aromatic nitrogens is 1. The van der Waals surface area contributed by atoms with Crippen molar-refractivity contribution < 1.29 is 9.90 Å². The molecule has 2 rings (SSSR count). The van der Waals surface area contributed by atoms with E-state index in [0.717, 1.165) is 38.5 Å². The number of amides is 2. The Morgan fingerprint density at radius 1 is 1.41 bits per heavy atom. The maximum Gasteiger partial charge on any atom is 0.315 e. The number of carbonyl (C=O) groups is 1. The van der Waals surface area contributed by atoms with E-state index in [0.29, 0.717) is 5.92 Å². The number of aliphatic hydroxyl groups is 1. The molecule has 0 aliphatic heterocycles. The van der Waals surface area contributed by atoms with Gasteiger partial charge >= 0.3 is 6.03 Å². The standard InChI is InChI=1S/C17H29N3O2/c1-13(5-10-16-4-3-11-20(16)2)18-17(22)19-15-8-6-14(12-21)7-9-15/h3-4,11,13-15,21H,5-10,12H2,1-2H3,(H2,18,19,22). The van der Waals surface area contributed by atoms with E-state index in [1.165, 1.54) is 5.69 Å². The average Bonchev–Trinajstić information content (AvgIpc) is 2.91. The summed E-state index contributed by atoms with van der Waals surface area (Å²) in [5.41, 5.74) is 1.29. The number of nitrogens with one attached hydrogen (secondary N) is 2. The number of rotatable bonds is 6. The van der Waals surface area contributed by atoms with Gasteiger partial charge in [0.2, 0.25) is 0 Å². The minimum Gasteiger partial charge on any atom is -0.396 e. The number of hydrogen-bond donors (Lipinski definition) is 3. The Labute approximate surface area is 133 Å². The number of aliphatic hydroxyl groups excluding tert-OH is 1. The van der Waals surface area contributed by atoms with Gasteiger partial charge in [0, 0.05) is 37.6 Å². The fourth-order valence-corrected chi connectivity index (χ4v) is 3.13. The minimum atomic E-state index is -0.0631. The Kier molecular flexibility index (Phi) is 6.31. The highest BCUT2D eigenvalue weighted by atomic mass is 16.3. The zero-order chi connectivity index (χ0) is 15.9. The predicted octanol–water partition coefficient (Wildman–Crippen LogP) is 2.20. The van der Waals surface area contributed by atoms with Crippen LogP contribution in [0.1, 0.15) is 44.7 Å². The largest absolute Gasteiger partial charge is 0.396 e. The second-order valence-electron chi connectivity index (χ2n) is 6.57. The molecule has 0 radical (unpaired) electrons.